The van der Waals surface area contributed by atoms with Gasteiger partial charge in [0.25, 0.3) is 5.91 Å². The van der Waals surface area contributed by atoms with Crippen LogP contribution in [0.3, 0.4) is 0 Å². The standard InChI is InChI=1S/C18H20Cl2N2O4/c1-2-26-18(25)11-4-3-7-21(10-11)15-9-16(23)22(17(15)24)14-6-5-12(19)8-13(14)20/h5-6,8,11,15H,2-4,7,9-10H2,1H3/t11-,15+/m1/s1. The van der Waals surface area contributed by atoms with Gasteiger partial charge in [0.1, 0.15) is 0 Å². The summed E-state index contributed by atoms with van der Waals surface area (Å²) in [4.78, 5) is 40.5. The van der Waals surface area contributed by atoms with Crippen molar-refractivity contribution in [2.45, 2.75) is 32.2 Å². The number of hydrogen-bond donors (Lipinski definition) is 0. The van der Waals surface area contributed by atoms with Crippen molar-refractivity contribution < 1.29 is 19.1 Å². The Bertz CT molecular complexity index is 740. The average Bonchev–Trinajstić information content (AvgIpc) is 2.90. The third kappa shape index (κ3) is 3.72. The summed E-state index contributed by atoms with van der Waals surface area (Å²) in [6.07, 6.45) is 1.59. The Hall–Kier alpha value is -1.63. The summed E-state index contributed by atoms with van der Waals surface area (Å²) in [7, 11) is 0. The van der Waals surface area contributed by atoms with E-state index in [0.29, 0.717) is 30.4 Å². The highest BCUT2D eigenvalue weighted by Gasteiger charge is 2.45. The van der Waals surface area contributed by atoms with Gasteiger partial charge in [-0.3, -0.25) is 19.3 Å². The number of hydrogen-bond acceptors (Lipinski definition) is 5. The molecule has 2 atom stereocenters. The van der Waals surface area contributed by atoms with E-state index < -0.39 is 6.04 Å². The normalized spacial score (nSPS) is 24.2. The van der Waals surface area contributed by atoms with Crippen LogP contribution in [0, 0.1) is 5.92 Å². The van der Waals surface area contributed by atoms with Crippen LogP contribution in [0.2, 0.25) is 10.0 Å². The monoisotopic (exact) mass is 398 g/mol. The highest BCUT2D eigenvalue weighted by Crippen LogP contribution is 2.34. The number of rotatable bonds is 4. The number of piperidine rings is 1. The van der Waals surface area contributed by atoms with Crippen LogP contribution in [0.15, 0.2) is 18.2 Å². The number of carbonyl (C=O) groups is 3. The molecule has 3 rings (SSSR count). The van der Waals surface area contributed by atoms with Gasteiger partial charge < -0.3 is 4.74 Å². The number of nitrogens with zero attached hydrogens (tertiary/aromatic N) is 2. The largest absolute Gasteiger partial charge is 0.466 e. The molecule has 0 spiro atoms. The molecule has 0 unspecified atom stereocenters. The molecule has 2 aliphatic rings. The lowest BCUT2D eigenvalue weighted by Gasteiger charge is -2.34. The first-order chi connectivity index (χ1) is 12.4. The van der Waals surface area contributed by atoms with E-state index in [2.05, 4.69) is 0 Å². The van der Waals surface area contributed by atoms with Crippen molar-refractivity contribution in [3.63, 3.8) is 0 Å². The minimum absolute atomic E-state index is 0.0767. The first-order valence-corrected chi connectivity index (χ1v) is 9.40. The average molecular weight is 399 g/mol. The summed E-state index contributed by atoms with van der Waals surface area (Å²) in [5.41, 5.74) is 0.340. The molecule has 1 aromatic carbocycles. The highest BCUT2D eigenvalue weighted by molar-refractivity contribution is 6.38. The summed E-state index contributed by atoms with van der Waals surface area (Å²) in [6.45, 7) is 3.19. The van der Waals surface area contributed by atoms with Crippen molar-refractivity contribution in [2.24, 2.45) is 5.92 Å². The predicted octanol–water partition coefficient (Wildman–Crippen LogP) is 2.90. The Kier molecular flexibility index (Phi) is 5.85. The Morgan fingerprint density at radius 3 is 2.77 bits per heavy atom. The maximum absolute atomic E-state index is 12.9. The number of esters is 1. The van der Waals surface area contributed by atoms with Crippen molar-refractivity contribution in [2.75, 3.05) is 24.6 Å². The smallest absolute Gasteiger partial charge is 0.310 e. The van der Waals surface area contributed by atoms with Crippen LogP contribution in [-0.4, -0.2) is 48.4 Å². The highest BCUT2D eigenvalue weighted by atomic mass is 35.5. The summed E-state index contributed by atoms with van der Waals surface area (Å²) in [5, 5.41) is 0.686. The number of ether oxygens (including phenoxy) is 1. The van der Waals surface area contributed by atoms with Crippen molar-refractivity contribution >= 4 is 46.7 Å². The molecule has 2 amide bonds. The second-order valence-corrected chi connectivity index (χ2v) is 7.31. The number of likely N-dealkylation sites (tertiary alicyclic amines) is 1. The summed E-state index contributed by atoms with van der Waals surface area (Å²) in [6, 6.07) is 4.09. The van der Waals surface area contributed by atoms with Gasteiger partial charge in [-0.25, -0.2) is 4.90 Å². The van der Waals surface area contributed by atoms with Crippen molar-refractivity contribution in [3.05, 3.63) is 28.2 Å². The molecule has 0 saturated carbocycles. The summed E-state index contributed by atoms with van der Waals surface area (Å²) >= 11 is 12.1. The van der Waals surface area contributed by atoms with E-state index >= 15 is 0 Å². The maximum atomic E-state index is 12.9. The van der Waals surface area contributed by atoms with Crippen LogP contribution in [0.5, 0.6) is 0 Å². The predicted molar refractivity (Wildman–Crippen MR) is 98.3 cm³/mol. The molecular weight excluding hydrogens is 379 g/mol. The Morgan fingerprint density at radius 1 is 1.31 bits per heavy atom. The zero-order valence-corrected chi connectivity index (χ0v) is 15.9. The van der Waals surface area contributed by atoms with Crippen LogP contribution < -0.4 is 4.90 Å². The molecule has 26 heavy (non-hydrogen) atoms. The van der Waals surface area contributed by atoms with E-state index in [1.807, 2.05) is 4.90 Å². The van der Waals surface area contributed by atoms with E-state index in [1.54, 1.807) is 19.1 Å². The number of amides is 2. The Balaban J connectivity index is 1.77. The third-order valence-electron chi connectivity index (χ3n) is 4.79. The molecule has 1 aromatic rings. The number of imide groups is 1. The lowest BCUT2D eigenvalue weighted by Crippen LogP contribution is -2.48. The van der Waals surface area contributed by atoms with E-state index in [-0.39, 0.29) is 35.1 Å². The Morgan fingerprint density at radius 2 is 2.08 bits per heavy atom. The second kappa shape index (κ2) is 7.94. The molecule has 0 aliphatic carbocycles. The Labute approximate surface area is 162 Å². The van der Waals surface area contributed by atoms with Gasteiger partial charge in [-0.1, -0.05) is 23.2 Å². The van der Waals surface area contributed by atoms with E-state index in [4.69, 9.17) is 27.9 Å². The molecule has 2 aliphatic heterocycles. The number of benzene rings is 1. The van der Waals surface area contributed by atoms with E-state index in [9.17, 15) is 14.4 Å². The van der Waals surface area contributed by atoms with Gasteiger partial charge in [0.05, 0.1) is 35.7 Å². The number of halogens is 2. The lowest BCUT2D eigenvalue weighted by atomic mass is 9.96. The fourth-order valence-corrected chi connectivity index (χ4v) is 4.05. The molecular formula is C18H20Cl2N2O4. The van der Waals surface area contributed by atoms with Crippen molar-refractivity contribution in [1.82, 2.24) is 4.90 Å². The quantitative estimate of drug-likeness (QED) is 0.576. The molecule has 0 N–H and O–H groups in total. The van der Waals surface area contributed by atoms with Crippen LogP contribution in [0.25, 0.3) is 0 Å². The zero-order valence-electron chi connectivity index (χ0n) is 14.4. The maximum Gasteiger partial charge on any atom is 0.310 e. The molecule has 2 fully saturated rings. The van der Waals surface area contributed by atoms with Gasteiger partial charge in [-0.15, -0.1) is 0 Å². The molecule has 0 radical (unpaired) electrons. The molecule has 140 valence electrons. The van der Waals surface area contributed by atoms with Gasteiger partial charge in [-0.2, -0.15) is 0 Å². The van der Waals surface area contributed by atoms with Crippen LogP contribution >= 0.6 is 23.2 Å². The lowest BCUT2D eigenvalue weighted by molar-refractivity contribution is -0.150. The SMILES string of the molecule is CCOC(=O)[C@@H]1CCCN([C@H]2CC(=O)N(c3ccc(Cl)cc3Cl)C2=O)C1. The van der Waals surface area contributed by atoms with Gasteiger partial charge in [-0.05, 0) is 44.5 Å². The minimum Gasteiger partial charge on any atom is -0.466 e. The zero-order chi connectivity index (χ0) is 18.8. The van der Waals surface area contributed by atoms with Crippen LogP contribution in [0.4, 0.5) is 5.69 Å². The minimum atomic E-state index is -0.577. The summed E-state index contributed by atoms with van der Waals surface area (Å²) in [5.74, 6) is -1.13. The molecule has 0 aromatic heterocycles. The fourth-order valence-electron chi connectivity index (χ4n) is 3.56. The van der Waals surface area contributed by atoms with Gasteiger partial charge >= 0.3 is 5.97 Å². The fraction of sp³-hybridized carbons (Fsp3) is 0.500. The molecule has 2 saturated heterocycles. The first kappa shape index (κ1) is 19.1. The van der Waals surface area contributed by atoms with Gasteiger partial charge in [0, 0.05) is 11.6 Å². The molecule has 6 nitrogen and oxygen atoms in total. The van der Waals surface area contributed by atoms with E-state index in [0.717, 1.165) is 17.7 Å². The van der Waals surface area contributed by atoms with Gasteiger partial charge in [0.15, 0.2) is 0 Å². The van der Waals surface area contributed by atoms with Crippen molar-refractivity contribution in [1.29, 1.82) is 0 Å². The molecule has 2 heterocycles. The third-order valence-corrected chi connectivity index (χ3v) is 5.32. The van der Waals surface area contributed by atoms with Crippen LogP contribution in [0.1, 0.15) is 26.2 Å². The second-order valence-electron chi connectivity index (χ2n) is 6.47. The van der Waals surface area contributed by atoms with Gasteiger partial charge in [0.2, 0.25) is 5.91 Å². The van der Waals surface area contributed by atoms with Crippen molar-refractivity contribution in [3.8, 4) is 0 Å². The van der Waals surface area contributed by atoms with Crippen LogP contribution in [-0.2, 0) is 19.1 Å². The number of anilines is 1. The molecule has 0 bridgehead atoms. The number of carbonyl (C=O) groups excluding carboxylic acids is 3. The topological polar surface area (TPSA) is 66.9 Å². The molecule has 8 heteroatoms. The van der Waals surface area contributed by atoms with E-state index in [1.165, 1.54) is 6.07 Å². The summed E-state index contributed by atoms with van der Waals surface area (Å²) < 4.78 is 5.10. The first-order valence-electron chi connectivity index (χ1n) is 8.65.